The summed E-state index contributed by atoms with van der Waals surface area (Å²) in [6.07, 6.45) is 1.77. The summed E-state index contributed by atoms with van der Waals surface area (Å²) in [7, 11) is 0. The third kappa shape index (κ3) is 3.96. The van der Waals surface area contributed by atoms with Crippen LogP contribution in [0.5, 0.6) is 11.5 Å². The van der Waals surface area contributed by atoms with Gasteiger partial charge in [0.15, 0.2) is 11.5 Å². The Morgan fingerprint density at radius 2 is 1.82 bits per heavy atom. The average molecular weight is 465 g/mol. The van der Waals surface area contributed by atoms with Crippen LogP contribution in [0.3, 0.4) is 0 Å². The summed E-state index contributed by atoms with van der Waals surface area (Å²) in [4.78, 5) is 42.2. The zero-order valence-corrected chi connectivity index (χ0v) is 19.1. The third-order valence-corrected chi connectivity index (χ3v) is 6.91. The van der Waals surface area contributed by atoms with Crippen LogP contribution in [0.2, 0.25) is 0 Å². The predicted octanol–water partition coefficient (Wildman–Crippen LogP) is 2.88. The van der Waals surface area contributed by atoms with Gasteiger partial charge in [-0.15, -0.1) is 0 Å². The van der Waals surface area contributed by atoms with Gasteiger partial charge in [0.05, 0.1) is 6.67 Å². The quantitative estimate of drug-likeness (QED) is 0.638. The molecule has 178 valence electrons. The smallest absolute Gasteiger partial charge is 0.326 e. The molecule has 3 aliphatic heterocycles. The number of carbonyl (C=O) groups excluding carboxylic acids is 3. The van der Waals surface area contributed by atoms with E-state index in [1.165, 1.54) is 4.90 Å². The maximum atomic E-state index is 13.3. The molecule has 1 unspecified atom stereocenters. The number of carbonyl (C=O) groups is 3. The number of nitrogens with zero attached hydrogens (tertiary/aromatic N) is 2. The van der Waals surface area contributed by atoms with Crippen molar-refractivity contribution in [1.29, 1.82) is 0 Å². The Balaban J connectivity index is 1.17. The van der Waals surface area contributed by atoms with E-state index in [2.05, 4.69) is 15.5 Å². The van der Waals surface area contributed by atoms with Crippen molar-refractivity contribution in [3.63, 3.8) is 0 Å². The number of likely N-dealkylation sites (tertiary alicyclic amines) is 1. The highest BCUT2D eigenvalue weighted by molar-refractivity contribution is 6.07. The lowest BCUT2D eigenvalue weighted by Crippen LogP contribution is -2.47. The fourth-order valence-corrected chi connectivity index (χ4v) is 4.87. The topological polar surface area (TPSA) is 100 Å². The second-order valence-electron chi connectivity index (χ2n) is 8.88. The number of urea groups is 1. The molecule has 2 N–H and O–H groups in total. The van der Waals surface area contributed by atoms with Gasteiger partial charge in [-0.05, 0) is 37.0 Å². The second-order valence-corrected chi connectivity index (χ2v) is 8.88. The monoisotopic (exact) mass is 464 g/mol. The van der Waals surface area contributed by atoms with Crippen molar-refractivity contribution in [3.05, 3.63) is 54.1 Å². The third-order valence-electron chi connectivity index (χ3n) is 6.91. The Hall–Kier alpha value is -3.59. The molecule has 9 nitrogen and oxygen atoms in total. The van der Waals surface area contributed by atoms with Crippen LogP contribution in [0.25, 0.3) is 0 Å². The molecule has 2 aromatic rings. The fourth-order valence-electron chi connectivity index (χ4n) is 4.87. The van der Waals surface area contributed by atoms with E-state index in [-0.39, 0.29) is 37.2 Å². The molecule has 3 aliphatic rings. The lowest BCUT2D eigenvalue weighted by molar-refractivity contribution is -0.134. The Bertz CT molecular complexity index is 1100. The Kier molecular flexibility index (Phi) is 5.87. The minimum absolute atomic E-state index is 0.0393. The summed E-state index contributed by atoms with van der Waals surface area (Å²) in [5.74, 6) is 0.895. The fraction of sp³-hybridized carbons (Fsp3) is 0.400. The molecule has 4 amide bonds. The number of fused-ring (bicyclic) bond motifs is 1. The number of ether oxygens (including phenoxy) is 2. The van der Waals surface area contributed by atoms with Crippen molar-refractivity contribution in [2.75, 3.05) is 31.9 Å². The van der Waals surface area contributed by atoms with Gasteiger partial charge in [0.25, 0.3) is 5.91 Å². The summed E-state index contributed by atoms with van der Waals surface area (Å²) in [5, 5.41) is 5.88. The summed E-state index contributed by atoms with van der Waals surface area (Å²) in [6.45, 7) is 3.56. The molecule has 5 rings (SSSR count). The molecule has 9 heteroatoms. The molecular weight excluding hydrogens is 436 g/mol. The molecule has 0 aromatic heterocycles. The lowest BCUT2D eigenvalue weighted by Gasteiger charge is -2.33. The maximum Gasteiger partial charge on any atom is 0.326 e. The molecule has 0 saturated carbocycles. The second kappa shape index (κ2) is 8.98. The normalized spacial score (nSPS) is 22.7. The van der Waals surface area contributed by atoms with Crippen LogP contribution in [0, 0.1) is 5.92 Å². The van der Waals surface area contributed by atoms with Crippen molar-refractivity contribution in [2.45, 2.75) is 31.7 Å². The minimum Gasteiger partial charge on any atom is -0.454 e. The van der Waals surface area contributed by atoms with Gasteiger partial charge in [-0.1, -0.05) is 37.3 Å². The van der Waals surface area contributed by atoms with Crippen LogP contribution in [0.15, 0.2) is 48.5 Å². The molecule has 3 heterocycles. The molecule has 2 fully saturated rings. The summed E-state index contributed by atoms with van der Waals surface area (Å²) < 4.78 is 10.7. The van der Waals surface area contributed by atoms with Crippen LogP contribution in [-0.2, 0) is 15.1 Å². The number of hydrogen-bond donors (Lipinski definition) is 2. The number of anilines is 1. The molecule has 0 bridgehead atoms. The SMILES string of the molecule is CCC1(c2ccccc2)NC(=O)N(CN2CCC(C(=O)Nc3ccc4c(c3)OCO4)CC2)C1=O. The molecule has 1 atom stereocenters. The van der Waals surface area contributed by atoms with E-state index in [0.717, 1.165) is 5.56 Å². The van der Waals surface area contributed by atoms with Crippen LogP contribution in [0.4, 0.5) is 10.5 Å². The Morgan fingerprint density at radius 1 is 1.09 bits per heavy atom. The van der Waals surface area contributed by atoms with Crippen molar-refractivity contribution in [2.24, 2.45) is 5.92 Å². The number of nitrogens with one attached hydrogen (secondary N) is 2. The van der Waals surface area contributed by atoms with Crippen LogP contribution < -0.4 is 20.1 Å². The zero-order chi connectivity index (χ0) is 23.7. The summed E-state index contributed by atoms with van der Waals surface area (Å²) >= 11 is 0. The van der Waals surface area contributed by atoms with Crippen LogP contribution in [-0.4, -0.2) is 54.2 Å². The van der Waals surface area contributed by atoms with Crippen LogP contribution in [0.1, 0.15) is 31.7 Å². The highest BCUT2D eigenvalue weighted by atomic mass is 16.7. The van der Waals surface area contributed by atoms with Crippen molar-refractivity contribution in [3.8, 4) is 11.5 Å². The highest BCUT2D eigenvalue weighted by Gasteiger charge is 2.51. The molecule has 0 spiro atoms. The summed E-state index contributed by atoms with van der Waals surface area (Å²) in [5.41, 5.74) is 0.436. The lowest BCUT2D eigenvalue weighted by atomic mass is 9.87. The predicted molar refractivity (Wildman–Crippen MR) is 124 cm³/mol. The molecule has 34 heavy (non-hydrogen) atoms. The highest BCUT2D eigenvalue weighted by Crippen LogP contribution is 2.35. The number of amides is 4. The standard InChI is InChI=1S/C25H28N4O5/c1-2-25(18-6-4-3-5-7-18)23(31)29(24(32)27-25)15-28-12-10-17(11-13-28)22(30)26-19-8-9-20-21(14-19)34-16-33-20/h3-9,14,17H,2,10-13,15-16H2,1H3,(H,26,30)(H,27,32). The van der Waals surface area contributed by atoms with E-state index in [4.69, 9.17) is 9.47 Å². The van der Waals surface area contributed by atoms with E-state index in [0.29, 0.717) is 49.5 Å². The van der Waals surface area contributed by atoms with Gasteiger partial charge < -0.3 is 20.1 Å². The van der Waals surface area contributed by atoms with Crippen molar-refractivity contribution >= 4 is 23.5 Å². The van der Waals surface area contributed by atoms with Crippen molar-refractivity contribution < 1.29 is 23.9 Å². The molecular formula is C25H28N4O5. The Morgan fingerprint density at radius 3 is 2.56 bits per heavy atom. The number of benzene rings is 2. The number of piperidine rings is 1. The van der Waals surface area contributed by atoms with Gasteiger partial charge in [-0.2, -0.15) is 0 Å². The van der Waals surface area contributed by atoms with Gasteiger partial charge in [-0.25, -0.2) is 9.69 Å². The number of imide groups is 1. The first-order chi connectivity index (χ1) is 16.5. The minimum atomic E-state index is -1.03. The van der Waals surface area contributed by atoms with E-state index in [1.54, 1.807) is 18.2 Å². The first kappa shape index (κ1) is 22.2. The zero-order valence-electron chi connectivity index (χ0n) is 19.1. The maximum absolute atomic E-state index is 13.3. The first-order valence-electron chi connectivity index (χ1n) is 11.6. The van der Waals surface area contributed by atoms with Gasteiger partial charge >= 0.3 is 6.03 Å². The summed E-state index contributed by atoms with van der Waals surface area (Å²) in [6, 6.07) is 14.3. The van der Waals surface area contributed by atoms with E-state index in [9.17, 15) is 14.4 Å². The molecule has 0 radical (unpaired) electrons. The Labute approximate surface area is 198 Å². The number of hydrogen-bond acceptors (Lipinski definition) is 6. The number of rotatable bonds is 6. The van der Waals surface area contributed by atoms with E-state index >= 15 is 0 Å². The van der Waals surface area contributed by atoms with E-state index < -0.39 is 5.54 Å². The van der Waals surface area contributed by atoms with Crippen LogP contribution >= 0.6 is 0 Å². The molecule has 2 aromatic carbocycles. The van der Waals surface area contributed by atoms with Gasteiger partial charge in [0.1, 0.15) is 5.54 Å². The van der Waals surface area contributed by atoms with Gasteiger partial charge in [-0.3, -0.25) is 14.5 Å². The first-order valence-corrected chi connectivity index (χ1v) is 11.6. The van der Waals surface area contributed by atoms with Gasteiger partial charge in [0, 0.05) is 30.8 Å². The van der Waals surface area contributed by atoms with Gasteiger partial charge in [0.2, 0.25) is 12.7 Å². The van der Waals surface area contributed by atoms with E-state index in [1.807, 2.05) is 37.3 Å². The molecule has 0 aliphatic carbocycles. The molecule has 2 saturated heterocycles. The average Bonchev–Trinajstić information content (AvgIpc) is 3.43. The van der Waals surface area contributed by atoms with Crippen molar-refractivity contribution in [1.82, 2.24) is 15.1 Å². The largest absolute Gasteiger partial charge is 0.454 e.